The van der Waals surface area contributed by atoms with Crippen molar-refractivity contribution in [2.45, 2.75) is 64.5 Å². The number of imidazole rings is 1. The number of nitrogens with zero attached hydrogens (tertiary/aromatic N) is 4. The minimum absolute atomic E-state index is 0.0745. The lowest BCUT2D eigenvalue weighted by molar-refractivity contribution is -0.148. The van der Waals surface area contributed by atoms with Crippen LogP contribution in [0.25, 0.3) is 0 Å². The van der Waals surface area contributed by atoms with E-state index in [4.69, 9.17) is 0 Å². The van der Waals surface area contributed by atoms with Crippen LogP contribution in [0.15, 0.2) is 16.7 Å². The fraction of sp³-hybridized carbons (Fsp3) is 0.500. The summed E-state index contributed by atoms with van der Waals surface area (Å²) in [6, 6.07) is -0.233. The van der Waals surface area contributed by atoms with Crippen LogP contribution < -0.4 is 0 Å². The van der Waals surface area contributed by atoms with Gasteiger partial charge in [-0.2, -0.15) is 13.2 Å². The van der Waals surface area contributed by atoms with Crippen molar-refractivity contribution in [1.82, 2.24) is 19.4 Å². The van der Waals surface area contributed by atoms with Crippen molar-refractivity contribution in [3.63, 3.8) is 0 Å². The average Bonchev–Trinajstić information content (AvgIpc) is 3.07. The lowest BCUT2D eigenvalue weighted by Crippen LogP contribution is -2.54. The van der Waals surface area contributed by atoms with Crippen molar-refractivity contribution in [2.75, 3.05) is 6.54 Å². The zero-order valence-corrected chi connectivity index (χ0v) is 21.1. The third kappa shape index (κ3) is 5.79. The normalized spacial score (nSPS) is 15.0. The van der Waals surface area contributed by atoms with Crippen molar-refractivity contribution in [3.8, 4) is 0 Å². The van der Waals surface area contributed by atoms with Crippen LogP contribution in [0.3, 0.4) is 0 Å². The Labute approximate surface area is 210 Å². The van der Waals surface area contributed by atoms with E-state index in [2.05, 4.69) is 20.9 Å². The molecule has 198 valence electrons. The van der Waals surface area contributed by atoms with Crippen molar-refractivity contribution in [1.29, 1.82) is 0 Å². The van der Waals surface area contributed by atoms with E-state index < -0.39 is 65.9 Å². The van der Waals surface area contributed by atoms with E-state index in [9.17, 15) is 41.0 Å². The third-order valence-corrected chi connectivity index (χ3v) is 6.45. The first-order valence-electron chi connectivity index (χ1n) is 10.8. The van der Waals surface area contributed by atoms with Crippen LogP contribution in [0, 0.1) is 17.5 Å². The molecule has 2 aromatic rings. The summed E-state index contributed by atoms with van der Waals surface area (Å²) in [7, 11) is 0. The fourth-order valence-corrected chi connectivity index (χ4v) is 4.82. The molecule has 14 heteroatoms. The number of hydrogen-bond donors (Lipinski definition) is 1. The SMILES string of the molecule is CC(C)(C)N(C(=O)O)[C@@H](CC(=O)N1CCn2c(C(F)(F)F)nc(Br)c2C1)Cc1cc(F)c(F)cc1F. The fourth-order valence-electron chi connectivity index (χ4n) is 4.31. The van der Waals surface area contributed by atoms with Gasteiger partial charge in [0, 0.05) is 37.2 Å². The molecule has 2 amide bonds. The molecule has 0 bridgehead atoms. The number of carboxylic acid groups (broad SMARTS) is 1. The minimum atomic E-state index is -4.69. The zero-order valence-electron chi connectivity index (χ0n) is 19.5. The number of amides is 2. The van der Waals surface area contributed by atoms with Gasteiger partial charge in [-0.1, -0.05) is 0 Å². The van der Waals surface area contributed by atoms with Crippen molar-refractivity contribution < 1.29 is 41.0 Å². The van der Waals surface area contributed by atoms with Crippen LogP contribution >= 0.6 is 15.9 Å². The van der Waals surface area contributed by atoms with E-state index in [0.717, 1.165) is 9.47 Å². The van der Waals surface area contributed by atoms with Crippen LogP contribution in [0.5, 0.6) is 0 Å². The number of fused-ring (bicyclic) bond motifs is 1. The van der Waals surface area contributed by atoms with Crippen LogP contribution in [0.1, 0.15) is 44.3 Å². The van der Waals surface area contributed by atoms with Gasteiger partial charge in [0.2, 0.25) is 11.7 Å². The van der Waals surface area contributed by atoms with Crippen molar-refractivity contribution in [2.24, 2.45) is 0 Å². The highest BCUT2D eigenvalue weighted by Gasteiger charge is 2.41. The molecule has 0 radical (unpaired) electrons. The topological polar surface area (TPSA) is 78.7 Å². The molecule has 1 atom stereocenters. The Balaban J connectivity index is 1.90. The van der Waals surface area contributed by atoms with Crippen LogP contribution in [-0.2, 0) is 30.5 Å². The van der Waals surface area contributed by atoms with E-state index in [0.29, 0.717) is 12.1 Å². The number of carbonyl (C=O) groups is 2. The number of carbonyl (C=O) groups excluding carboxylic acids is 1. The Bertz CT molecular complexity index is 1180. The quantitative estimate of drug-likeness (QED) is 0.387. The van der Waals surface area contributed by atoms with Gasteiger partial charge < -0.3 is 14.6 Å². The van der Waals surface area contributed by atoms with E-state index in [1.54, 1.807) is 20.8 Å². The maximum absolute atomic E-state index is 14.4. The molecule has 1 aromatic heterocycles. The molecule has 1 aromatic carbocycles. The largest absolute Gasteiger partial charge is 0.465 e. The molecule has 0 unspecified atom stereocenters. The van der Waals surface area contributed by atoms with E-state index in [1.165, 1.54) is 4.90 Å². The van der Waals surface area contributed by atoms with Gasteiger partial charge >= 0.3 is 12.3 Å². The highest BCUT2D eigenvalue weighted by atomic mass is 79.9. The summed E-state index contributed by atoms with van der Waals surface area (Å²) in [6.45, 7) is 4.13. The summed E-state index contributed by atoms with van der Waals surface area (Å²) in [5.41, 5.74) is -1.26. The molecule has 2 heterocycles. The maximum Gasteiger partial charge on any atom is 0.449 e. The van der Waals surface area contributed by atoms with E-state index in [-0.39, 0.29) is 35.5 Å². The van der Waals surface area contributed by atoms with Gasteiger partial charge in [-0.15, -0.1) is 0 Å². The van der Waals surface area contributed by atoms with Gasteiger partial charge in [0.25, 0.3) is 0 Å². The second kappa shape index (κ2) is 9.94. The standard InChI is InChI=1S/C22H23BrF6N4O3/c1-21(2,3)33(20(35)36)12(6-11-7-14(25)15(26)9-13(11)24)8-17(34)31-4-5-32-16(10-31)18(23)30-19(32)22(27,28)29/h7,9,12H,4-6,8,10H2,1-3H3,(H,35,36)/t12-/m1/s1. The third-order valence-electron chi connectivity index (χ3n) is 5.81. The Hall–Kier alpha value is -2.77. The number of benzene rings is 1. The number of hydrogen-bond acceptors (Lipinski definition) is 3. The Kier molecular flexibility index (Phi) is 7.68. The van der Waals surface area contributed by atoms with Gasteiger partial charge in [-0.05, 0) is 54.8 Å². The summed E-state index contributed by atoms with van der Waals surface area (Å²) >= 11 is 2.99. The molecule has 1 N–H and O–H groups in total. The second-order valence-electron chi connectivity index (χ2n) is 9.38. The van der Waals surface area contributed by atoms with Crippen LogP contribution in [-0.4, -0.2) is 54.6 Å². The molecule has 0 spiro atoms. The summed E-state index contributed by atoms with van der Waals surface area (Å²) in [5, 5.41) is 9.84. The molecule has 36 heavy (non-hydrogen) atoms. The molecule has 3 rings (SSSR count). The minimum Gasteiger partial charge on any atom is -0.465 e. The second-order valence-corrected chi connectivity index (χ2v) is 10.1. The number of alkyl halides is 3. The van der Waals surface area contributed by atoms with Crippen LogP contribution in [0.2, 0.25) is 0 Å². The van der Waals surface area contributed by atoms with Crippen molar-refractivity contribution >= 4 is 27.9 Å². The summed E-state index contributed by atoms with van der Waals surface area (Å²) in [5.74, 6) is -5.55. The molecular formula is C22H23BrF6N4O3. The van der Waals surface area contributed by atoms with E-state index >= 15 is 0 Å². The Morgan fingerprint density at radius 3 is 2.28 bits per heavy atom. The molecule has 0 fully saturated rings. The van der Waals surface area contributed by atoms with Gasteiger partial charge in [0.1, 0.15) is 10.4 Å². The first kappa shape index (κ1) is 27.8. The smallest absolute Gasteiger partial charge is 0.449 e. The molecule has 1 aliphatic rings. The predicted octanol–water partition coefficient (Wildman–Crippen LogP) is 5.20. The maximum atomic E-state index is 14.4. The monoisotopic (exact) mass is 584 g/mol. The lowest BCUT2D eigenvalue weighted by Gasteiger charge is -2.40. The summed E-state index contributed by atoms with van der Waals surface area (Å²) in [4.78, 5) is 31.0. The molecule has 0 saturated heterocycles. The molecular weight excluding hydrogens is 562 g/mol. The molecule has 0 aliphatic carbocycles. The number of aromatic nitrogens is 2. The first-order valence-corrected chi connectivity index (χ1v) is 11.6. The van der Waals surface area contributed by atoms with Crippen LogP contribution in [0.4, 0.5) is 31.1 Å². The van der Waals surface area contributed by atoms with Gasteiger partial charge in [-0.25, -0.2) is 22.9 Å². The van der Waals surface area contributed by atoms with Gasteiger partial charge in [0.05, 0.1) is 12.2 Å². The molecule has 0 saturated carbocycles. The molecule has 7 nitrogen and oxygen atoms in total. The highest BCUT2D eigenvalue weighted by Crippen LogP contribution is 2.34. The summed E-state index contributed by atoms with van der Waals surface area (Å²) < 4.78 is 82.2. The Morgan fingerprint density at radius 2 is 1.72 bits per heavy atom. The number of halogens is 7. The van der Waals surface area contributed by atoms with E-state index in [1.807, 2.05) is 0 Å². The zero-order chi connectivity index (χ0) is 27.2. The number of rotatable bonds is 5. The summed E-state index contributed by atoms with van der Waals surface area (Å²) in [6.07, 6.45) is -7.02. The van der Waals surface area contributed by atoms with Gasteiger partial charge in [0.15, 0.2) is 11.6 Å². The highest BCUT2D eigenvalue weighted by molar-refractivity contribution is 9.10. The Morgan fingerprint density at radius 1 is 1.11 bits per heavy atom. The predicted molar refractivity (Wildman–Crippen MR) is 118 cm³/mol. The lowest BCUT2D eigenvalue weighted by atomic mass is 9.95. The van der Waals surface area contributed by atoms with Crippen molar-refractivity contribution in [3.05, 3.63) is 51.3 Å². The average molecular weight is 585 g/mol. The first-order chi connectivity index (χ1) is 16.5. The molecule has 1 aliphatic heterocycles. The van der Waals surface area contributed by atoms with Gasteiger partial charge in [-0.3, -0.25) is 9.69 Å².